The molecule has 0 radical (unpaired) electrons. The van der Waals surface area contributed by atoms with Gasteiger partial charge in [0.15, 0.2) is 0 Å². The lowest BCUT2D eigenvalue weighted by atomic mass is 9.85. The second-order valence-corrected chi connectivity index (χ2v) is 27.2. The molecule has 0 N–H and O–H groups in total. The van der Waals surface area contributed by atoms with Crippen molar-refractivity contribution in [1.82, 2.24) is 0 Å². The standard InChI is InChI=1S/C33H66Si3/c1-16-28-31(19-34(22(4)5)23(6)7)29(17-2)33(21-36(26(12)13)27(14)15)30(18-3)32(28)20-35(24(8)9)25(10)11/h22-27,34-36H,16-21H2,1-15H3. The van der Waals surface area contributed by atoms with Gasteiger partial charge in [-0.3, -0.25) is 0 Å². The van der Waals surface area contributed by atoms with Crippen molar-refractivity contribution in [3.63, 3.8) is 0 Å². The highest BCUT2D eigenvalue weighted by atomic mass is 28.3. The lowest BCUT2D eigenvalue weighted by Gasteiger charge is -2.34. The Balaban J connectivity index is 4.06. The average molecular weight is 547 g/mol. The molecular weight excluding hydrogens is 481 g/mol. The lowest BCUT2D eigenvalue weighted by molar-refractivity contribution is 0.870. The summed E-state index contributed by atoms with van der Waals surface area (Å²) < 4.78 is 0. The first-order chi connectivity index (χ1) is 16.7. The van der Waals surface area contributed by atoms with Crippen molar-refractivity contribution in [3.8, 4) is 0 Å². The molecule has 1 rings (SSSR count). The van der Waals surface area contributed by atoms with E-state index in [-0.39, 0.29) is 0 Å². The number of hydrogen-bond donors (Lipinski definition) is 0. The summed E-state index contributed by atoms with van der Waals surface area (Å²) in [6.07, 6.45) is 3.69. The molecule has 0 spiro atoms. The van der Waals surface area contributed by atoms with E-state index < -0.39 is 26.4 Å². The van der Waals surface area contributed by atoms with Crippen LogP contribution in [-0.2, 0) is 37.4 Å². The molecule has 0 heterocycles. The Labute approximate surface area is 233 Å². The molecule has 3 heteroatoms. The van der Waals surface area contributed by atoms with Crippen LogP contribution in [0.25, 0.3) is 0 Å². The molecule has 36 heavy (non-hydrogen) atoms. The van der Waals surface area contributed by atoms with Crippen LogP contribution in [0.4, 0.5) is 0 Å². The third-order valence-electron chi connectivity index (χ3n) is 9.70. The topological polar surface area (TPSA) is 0 Å². The zero-order chi connectivity index (χ0) is 27.9. The fourth-order valence-electron chi connectivity index (χ4n) is 7.54. The molecule has 210 valence electrons. The summed E-state index contributed by atoms with van der Waals surface area (Å²) in [6, 6.07) is 4.28. The first-order valence-electron chi connectivity index (χ1n) is 15.9. The summed E-state index contributed by atoms with van der Waals surface area (Å²) in [6.45, 7) is 37.7. The van der Waals surface area contributed by atoms with Crippen molar-refractivity contribution in [2.45, 2.75) is 174 Å². The molecule has 0 aliphatic rings. The van der Waals surface area contributed by atoms with Crippen LogP contribution in [-0.4, -0.2) is 26.4 Å². The minimum atomic E-state index is -0.885. The van der Waals surface area contributed by atoms with Crippen LogP contribution in [0.1, 0.15) is 137 Å². The van der Waals surface area contributed by atoms with Gasteiger partial charge in [0.1, 0.15) is 0 Å². The molecule has 1 aromatic carbocycles. The van der Waals surface area contributed by atoms with E-state index in [4.69, 9.17) is 0 Å². The third kappa shape index (κ3) is 8.43. The summed E-state index contributed by atoms with van der Waals surface area (Å²) in [5.74, 6) is 0. The van der Waals surface area contributed by atoms with Gasteiger partial charge in [0.05, 0.1) is 0 Å². The summed E-state index contributed by atoms with van der Waals surface area (Å²) in [7, 11) is -2.65. The zero-order valence-electron chi connectivity index (χ0n) is 27.4. The van der Waals surface area contributed by atoms with E-state index in [0.717, 1.165) is 33.2 Å². The highest BCUT2D eigenvalue weighted by Crippen LogP contribution is 2.38. The van der Waals surface area contributed by atoms with E-state index >= 15 is 0 Å². The monoisotopic (exact) mass is 546 g/mol. The molecule has 0 saturated heterocycles. The number of hydrogen-bond acceptors (Lipinski definition) is 0. The highest BCUT2D eigenvalue weighted by Gasteiger charge is 2.31. The van der Waals surface area contributed by atoms with Gasteiger partial charge in [-0.05, 0) is 70.8 Å². The van der Waals surface area contributed by atoms with Gasteiger partial charge >= 0.3 is 0 Å². The zero-order valence-corrected chi connectivity index (χ0v) is 30.9. The average Bonchev–Trinajstić information content (AvgIpc) is 2.76. The van der Waals surface area contributed by atoms with Gasteiger partial charge < -0.3 is 0 Å². The fraction of sp³-hybridized carbons (Fsp3) is 0.818. The summed E-state index contributed by atoms with van der Waals surface area (Å²) >= 11 is 0. The van der Waals surface area contributed by atoms with Crippen LogP contribution in [0, 0.1) is 0 Å². The van der Waals surface area contributed by atoms with Gasteiger partial charge in [-0.25, -0.2) is 0 Å². The summed E-state index contributed by atoms with van der Waals surface area (Å²) in [4.78, 5) is 0. The summed E-state index contributed by atoms with van der Waals surface area (Å²) in [5.41, 5.74) is 16.3. The first-order valence-corrected chi connectivity index (χ1v) is 22.3. The smallest absolute Gasteiger partial charge is 0.0464 e. The normalized spacial score (nSPS) is 13.0. The Morgan fingerprint density at radius 1 is 0.333 bits per heavy atom. The van der Waals surface area contributed by atoms with Crippen molar-refractivity contribution in [1.29, 1.82) is 0 Å². The molecule has 0 bridgehead atoms. The van der Waals surface area contributed by atoms with Crippen molar-refractivity contribution >= 4 is 26.4 Å². The molecule has 0 nitrogen and oxygen atoms in total. The Hall–Kier alpha value is -0.129. The predicted octanol–water partition coefficient (Wildman–Crippen LogP) is 9.76. The molecule has 0 aliphatic carbocycles. The second kappa shape index (κ2) is 15.5. The maximum Gasteiger partial charge on any atom is 0.0464 e. The van der Waals surface area contributed by atoms with E-state index in [2.05, 4.69) is 104 Å². The predicted molar refractivity (Wildman–Crippen MR) is 178 cm³/mol. The van der Waals surface area contributed by atoms with Gasteiger partial charge in [-0.1, -0.05) is 137 Å². The minimum Gasteiger partial charge on any atom is -0.0654 e. The Morgan fingerprint density at radius 2 is 0.500 bits per heavy atom. The van der Waals surface area contributed by atoms with Gasteiger partial charge in [0, 0.05) is 26.4 Å². The van der Waals surface area contributed by atoms with Crippen LogP contribution < -0.4 is 0 Å². The Morgan fingerprint density at radius 3 is 0.611 bits per heavy atom. The van der Waals surface area contributed by atoms with E-state index in [1.54, 1.807) is 0 Å². The van der Waals surface area contributed by atoms with E-state index in [1.807, 2.05) is 33.4 Å². The number of rotatable bonds is 15. The van der Waals surface area contributed by atoms with Crippen molar-refractivity contribution in [2.75, 3.05) is 0 Å². The highest BCUT2D eigenvalue weighted by molar-refractivity contribution is 6.62. The quantitative estimate of drug-likeness (QED) is 0.192. The summed E-state index contributed by atoms with van der Waals surface area (Å²) in [5, 5.41) is 0. The maximum atomic E-state index is 2.53. The van der Waals surface area contributed by atoms with Gasteiger partial charge in [-0.15, -0.1) is 0 Å². The molecule has 0 unspecified atom stereocenters. The van der Waals surface area contributed by atoms with Gasteiger partial charge in [-0.2, -0.15) is 0 Å². The van der Waals surface area contributed by atoms with Crippen LogP contribution >= 0.6 is 0 Å². The lowest BCUT2D eigenvalue weighted by Crippen LogP contribution is -2.31. The fourth-order valence-corrected chi connectivity index (χ4v) is 17.9. The van der Waals surface area contributed by atoms with Crippen molar-refractivity contribution in [2.24, 2.45) is 0 Å². The van der Waals surface area contributed by atoms with Crippen LogP contribution in [0.5, 0.6) is 0 Å². The van der Waals surface area contributed by atoms with E-state index in [0.29, 0.717) is 0 Å². The number of benzene rings is 1. The van der Waals surface area contributed by atoms with Crippen LogP contribution in [0.15, 0.2) is 0 Å². The third-order valence-corrected chi connectivity index (χ3v) is 22.6. The largest absolute Gasteiger partial charge is 0.0654 e. The van der Waals surface area contributed by atoms with Gasteiger partial charge in [0.2, 0.25) is 0 Å². The van der Waals surface area contributed by atoms with Crippen molar-refractivity contribution < 1.29 is 0 Å². The van der Waals surface area contributed by atoms with Crippen LogP contribution in [0.2, 0.25) is 33.2 Å². The molecule has 0 fully saturated rings. The molecule has 1 aromatic rings. The van der Waals surface area contributed by atoms with Crippen molar-refractivity contribution in [3.05, 3.63) is 33.4 Å². The van der Waals surface area contributed by atoms with Crippen LogP contribution in [0.3, 0.4) is 0 Å². The Bertz CT molecular complexity index is 639. The Kier molecular flexibility index (Phi) is 14.6. The van der Waals surface area contributed by atoms with E-state index in [1.165, 1.54) is 37.4 Å². The SMILES string of the molecule is CCc1c(C[SiH](C(C)C)C(C)C)c(CC)c(C[SiH](C(C)C)C(C)C)c(CC)c1C[SiH](C(C)C)C(C)C. The van der Waals surface area contributed by atoms with Gasteiger partial charge in [0.25, 0.3) is 0 Å². The molecule has 0 saturated carbocycles. The molecule has 0 aliphatic heterocycles. The molecule has 0 amide bonds. The molecule has 0 aromatic heterocycles. The second-order valence-electron chi connectivity index (χ2n) is 14.0. The maximum absolute atomic E-state index is 2.53. The molecular formula is C33H66Si3. The first kappa shape index (κ1) is 33.9. The molecule has 0 atom stereocenters. The minimum absolute atomic E-state index is 0.874. The van der Waals surface area contributed by atoms with E-state index in [9.17, 15) is 0 Å².